The number of rotatable bonds is 3. The van der Waals surface area contributed by atoms with Gasteiger partial charge in [0.25, 0.3) is 5.91 Å². The highest BCUT2D eigenvalue weighted by molar-refractivity contribution is 6.30. The van der Waals surface area contributed by atoms with Gasteiger partial charge in [-0.25, -0.2) is 5.53 Å². The first kappa shape index (κ1) is 10.6. The summed E-state index contributed by atoms with van der Waals surface area (Å²) in [5, 5.41) is 14.3. The normalized spacial score (nSPS) is 11.9. The van der Waals surface area contributed by atoms with Crippen LogP contribution < -0.4 is 5.32 Å². The Labute approximate surface area is 85.2 Å². The lowest BCUT2D eigenvalue weighted by atomic mass is 10.3. The van der Waals surface area contributed by atoms with Crippen LogP contribution in [-0.4, -0.2) is 17.2 Å². The van der Waals surface area contributed by atoms with E-state index in [9.17, 15) is 4.79 Å². The molecule has 0 aromatic heterocycles. The average Bonchev–Trinajstić information content (AvgIpc) is 2.16. The summed E-state index contributed by atoms with van der Waals surface area (Å²) in [6.45, 7) is 0. The molecule has 0 spiro atoms. The number of hydrogen-bond acceptors (Lipinski definition) is 4. The van der Waals surface area contributed by atoms with Gasteiger partial charge in [0.05, 0.1) is 0 Å². The van der Waals surface area contributed by atoms with Crippen LogP contribution in [0.5, 0.6) is 0 Å². The van der Waals surface area contributed by atoms with E-state index < -0.39 is 12.1 Å². The third-order valence-electron chi connectivity index (χ3n) is 1.45. The molecule has 1 aromatic carbocycles. The first-order valence-electron chi connectivity index (χ1n) is 3.74. The zero-order valence-electron chi connectivity index (χ0n) is 7.07. The predicted molar refractivity (Wildman–Crippen MR) is 51.2 cm³/mol. The minimum Gasteiger partial charge on any atom is -0.363 e. The largest absolute Gasteiger partial charge is 0.363 e. The number of anilines is 1. The molecule has 6 heteroatoms. The average molecular weight is 214 g/mol. The van der Waals surface area contributed by atoms with Crippen LogP contribution in [0.25, 0.3) is 0 Å². The summed E-state index contributed by atoms with van der Waals surface area (Å²) >= 11 is 5.67. The summed E-state index contributed by atoms with van der Waals surface area (Å²) in [7, 11) is 0. The Hall–Kier alpha value is -1.46. The van der Waals surface area contributed by atoms with E-state index >= 15 is 0 Å². The number of aliphatic hydroxyl groups excluding tert-OH is 1. The molecule has 0 bridgehead atoms. The van der Waals surface area contributed by atoms with Crippen LogP contribution in [0.15, 0.2) is 29.4 Å². The van der Waals surface area contributed by atoms with Gasteiger partial charge in [-0.1, -0.05) is 17.7 Å². The van der Waals surface area contributed by atoms with Crippen LogP contribution in [0.2, 0.25) is 5.02 Å². The number of carbonyl (C=O) groups excluding carboxylic acids is 1. The lowest BCUT2D eigenvalue weighted by Gasteiger charge is -2.06. The van der Waals surface area contributed by atoms with Crippen molar-refractivity contribution in [3.8, 4) is 0 Å². The zero-order chi connectivity index (χ0) is 10.6. The molecule has 0 saturated heterocycles. The lowest BCUT2D eigenvalue weighted by Crippen LogP contribution is -2.25. The topological polar surface area (TPSA) is 85.5 Å². The molecule has 3 N–H and O–H groups in total. The number of benzene rings is 1. The molecule has 1 rings (SSSR count). The smallest absolute Gasteiger partial charge is 0.278 e. The van der Waals surface area contributed by atoms with Gasteiger partial charge in [0.15, 0.2) is 0 Å². The van der Waals surface area contributed by atoms with Gasteiger partial charge in [-0.2, -0.15) is 5.11 Å². The maximum atomic E-state index is 11.0. The van der Waals surface area contributed by atoms with Crippen LogP contribution in [0.1, 0.15) is 0 Å². The molecular formula is C8H8ClN3O2. The van der Waals surface area contributed by atoms with E-state index in [1.165, 1.54) is 6.07 Å². The van der Waals surface area contributed by atoms with Crippen LogP contribution in [0, 0.1) is 5.53 Å². The van der Waals surface area contributed by atoms with Crippen molar-refractivity contribution in [2.75, 3.05) is 5.32 Å². The van der Waals surface area contributed by atoms with Crippen molar-refractivity contribution in [1.29, 1.82) is 5.53 Å². The maximum absolute atomic E-state index is 11.0. The Morgan fingerprint density at radius 1 is 1.64 bits per heavy atom. The molecule has 74 valence electrons. The van der Waals surface area contributed by atoms with E-state index in [-0.39, 0.29) is 0 Å². The Morgan fingerprint density at radius 3 is 2.93 bits per heavy atom. The van der Waals surface area contributed by atoms with Crippen molar-refractivity contribution >= 4 is 23.2 Å². The molecule has 0 aliphatic heterocycles. The molecule has 0 radical (unpaired) electrons. The molecule has 1 atom stereocenters. The molecule has 0 saturated carbocycles. The van der Waals surface area contributed by atoms with Gasteiger partial charge in [0.2, 0.25) is 6.23 Å². The highest BCUT2D eigenvalue weighted by atomic mass is 35.5. The third-order valence-corrected chi connectivity index (χ3v) is 1.68. The number of nitrogens with zero attached hydrogens (tertiary/aromatic N) is 1. The fourth-order valence-electron chi connectivity index (χ4n) is 0.832. The van der Waals surface area contributed by atoms with Gasteiger partial charge in [0.1, 0.15) is 0 Å². The van der Waals surface area contributed by atoms with Gasteiger partial charge in [-0.05, 0) is 18.2 Å². The second kappa shape index (κ2) is 4.69. The first-order valence-corrected chi connectivity index (χ1v) is 4.12. The van der Waals surface area contributed by atoms with Gasteiger partial charge >= 0.3 is 0 Å². The van der Waals surface area contributed by atoms with E-state index in [0.717, 1.165) is 0 Å². The van der Waals surface area contributed by atoms with E-state index in [2.05, 4.69) is 10.4 Å². The minimum absolute atomic E-state index is 0.449. The summed E-state index contributed by atoms with van der Waals surface area (Å²) in [6.07, 6.45) is -1.67. The fourth-order valence-corrected chi connectivity index (χ4v) is 1.02. The maximum Gasteiger partial charge on any atom is 0.278 e. The van der Waals surface area contributed by atoms with Crippen molar-refractivity contribution in [2.24, 2.45) is 5.11 Å². The monoisotopic (exact) mass is 213 g/mol. The number of amides is 1. The SMILES string of the molecule is N=NC(O)C(=O)Nc1cccc(Cl)c1. The molecular weight excluding hydrogens is 206 g/mol. The molecule has 0 aliphatic carbocycles. The van der Waals surface area contributed by atoms with E-state index in [4.69, 9.17) is 22.2 Å². The molecule has 0 fully saturated rings. The summed E-state index contributed by atoms with van der Waals surface area (Å²) < 4.78 is 0. The van der Waals surface area contributed by atoms with Crippen LogP contribution in [-0.2, 0) is 4.79 Å². The van der Waals surface area contributed by atoms with Crippen molar-refractivity contribution in [2.45, 2.75) is 6.23 Å². The Kier molecular flexibility index (Phi) is 3.55. The molecule has 5 nitrogen and oxygen atoms in total. The summed E-state index contributed by atoms with van der Waals surface area (Å²) in [5.41, 5.74) is 6.88. The molecule has 0 heterocycles. The quantitative estimate of drug-likeness (QED) is 0.667. The predicted octanol–water partition coefficient (Wildman–Crippen LogP) is 1.63. The minimum atomic E-state index is -1.67. The number of hydrogen-bond donors (Lipinski definition) is 3. The Morgan fingerprint density at radius 2 is 2.36 bits per heavy atom. The van der Waals surface area contributed by atoms with Crippen LogP contribution >= 0.6 is 11.6 Å². The number of aliphatic hydroxyl groups is 1. The lowest BCUT2D eigenvalue weighted by molar-refractivity contribution is -0.123. The highest BCUT2D eigenvalue weighted by Crippen LogP contribution is 2.14. The molecule has 1 amide bonds. The van der Waals surface area contributed by atoms with Gasteiger partial charge in [-0.3, -0.25) is 4.79 Å². The van der Waals surface area contributed by atoms with E-state index in [0.29, 0.717) is 10.7 Å². The summed E-state index contributed by atoms with van der Waals surface area (Å²) in [6, 6.07) is 6.45. The van der Waals surface area contributed by atoms with Gasteiger partial charge in [0, 0.05) is 10.7 Å². The Bertz CT molecular complexity index is 356. The molecule has 1 unspecified atom stereocenters. The highest BCUT2D eigenvalue weighted by Gasteiger charge is 2.12. The molecule has 0 aliphatic rings. The first-order chi connectivity index (χ1) is 6.63. The molecule has 14 heavy (non-hydrogen) atoms. The number of halogens is 1. The standard InChI is InChI=1S/C8H8ClN3O2/c9-5-2-1-3-6(4-5)11-7(13)8(14)12-10/h1-4,8,10,14H,(H,11,13). The van der Waals surface area contributed by atoms with Crippen molar-refractivity contribution in [1.82, 2.24) is 0 Å². The number of nitrogens with one attached hydrogen (secondary N) is 2. The third kappa shape index (κ3) is 2.79. The van der Waals surface area contributed by atoms with Crippen molar-refractivity contribution < 1.29 is 9.90 Å². The Balaban J connectivity index is 2.69. The van der Waals surface area contributed by atoms with Crippen LogP contribution in [0.4, 0.5) is 5.69 Å². The summed E-state index contributed by atoms with van der Waals surface area (Å²) in [5.74, 6) is -0.762. The second-order valence-electron chi connectivity index (χ2n) is 2.50. The van der Waals surface area contributed by atoms with E-state index in [1.807, 2.05) is 0 Å². The summed E-state index contributed by atoms with van der Waals surface area (Å²) in [4.78, 5) is 11.0. The van der Waals surface area contributed by atoms with Gasteiger partial charge in [-0.15, -0.1) is 0 Å². The van der Waals surface area contributed by atoms with Crippen molar-refractivity contribution in [3.05, 3.63) is 29.3 Å². The fraction of sp³-hybridized carbons (Fsp3) is 0.125. The molecule has 1 aromatic rings. The number of carbonyl (C=O) groups is 1. The van der Waals surface area contributed by atoms with E-state index in [1.54, 1.807) is 18.2 Å². The van der Waals surface area contributed by atoms with Crippen LogP contribution in [0.3, 0.4) is 0 Å². The zero-order valence-corrected chi connectivity index (χ0v) is 7.82. The van der Waals surface area contributed by atoms with Crippen molar-refractivity contribution in [3.63, 3.8) is 0 Å². The second-order valence-corrected chi connectivity index (χ2v) is 2.94. The van der Waals surface area contributed by atoms with Gasteiger partial charge < -0.3 is 10.4 Å².